The molecule has 21 heavy (non-hydrogen) atoms. The van der Waals surface area contributed by atoms with Crippen molar-refractivity contribution in [1.29, 1.82) is 0 Å². The lowest BCUT2D eigenvalue weighted by molar-refractivity contribution is -0.146. The highest BCUT2D eigenvalue weighted by Crippen LogP contribution is 2.28. The Morgan fingerprint density at radius 3 is 2.76 bits per heavy atom. The van der Waals surface area contributed by atoms with Crippen molar-refractivity contribution in [3.05, 3.63) is 16.1 Å². The molecule has 2 heterocycles. The molecule has 1 aromatic heterocycles. The van der Waals surface area contributed by atoms with Crippen molar-refractivity contribution >= 4 is 23.2 Å². The smallest absolute Gasteiger partial charge is 0.246 e. The van der Waals surface area contributed by atoms with E-state index in [1.807, 2.05) is 12.3 Å². The average Bonchev–Trinajstić information content (AvgIpc) is 2.89. The summed E-state index contributed by atoms with van der Waals surface area (Å²) in [6.07, 6.45) is 5.65. The molecule has 2 fully saturated rings. The first-order valence-electron chi connectivity index (χ1n) is 7.62. The molecule has 114 valence electrons. The number of hydrogen-bond acceptors (Lipinski definition) is 4. The van der Waals surface area contributed by atoms with Crippen LogP contribution in [0, 0.1) is 12.8 Å². The topological polar surface area (TPSA) is 62.3 Å². The number of aryl methyl sites for hydroxylation is 1. The van der Waals surface area contributed by atoms with E-state index in [-0.39, 0.29) is 24.4 Å². The minimum Gasteiger partial charge on any atom is -0.342 e. The third-order valence-corrected chi connectivity index (χ3v) is 5.29. The summed E-state index contributed by atoms with van der Waals surface area (Å²) in [6, 6.07) is -0.326. The number of nitrogens with zero attached hydrogens (tertiary/aromatic N) is 2. The van der Waals surface area contributed by atoms with E-state index in [0.717, 1.165) is 36.4 Å². The van der Waals surface area contributed by atoms with Gasteiger partial charge in [0.25, 0.3) is 0 Å². The number of amides is 2. The van der Waals surface area contributed by atoms with E-state index < -0.39 is 0 Å². The van der Waals surface area contributed by atoms with Crippen molar-refractivity contribution in [3.8, 4) is 0 Å². The summed E-state index contributed by atoms with van der Waals surface area (Å²) in [7, 11) is 0. The third-order valence-electron chi connectivity index (χ3n) is 4.34. The lowest BCUT2D eigenvalue weighted by atomic mass is 9.82. The van der Waals surface area contributed by atoms with Crippen LogP contribution in [0.15, 0.2) is 5.38 Å². The van der Waals surface area contributed by atoms with Crippen molar-refractivity contribution < 1.29 is 9.59 Å². The highest BCUT2D eigenvalue weighted by Gasteiger charge is 2.38. The van der Waals surface area contributed by atoms with Crippen LogP contribution in [0.3, 0.4) is 0 Å². The Balaban J connectivity index is 1.71. The van der Waals surface area contributed by atoms with Gasteiger partial charge in [-0.05, 0) is 25.7 Å². The Hall–Kier alpha value is -1.43. The summed E-state index contributed by atoms with van der Waals surface area (Å²) in [5.41, 5.74) is 0.966. The zero-order valence-corrected chi connectivity index (χ0v) is 13.1. The van der Waals surface area contributed by atoms with Gasteiger partial charge < -0.3 is 10.2 Å². The summed E-state index contributed by atoms with van der Waals surface area (Å²) in [5.74, 6) is 0.323. The van der Waals surface area contributed by atoms with Crippen molar-refractivity contribution in [3.63, 3.8) is 0 Å². The normalized spacial score (nSPS) is 24.2. The Labute approximate surface area is 128 Å². The summed E-state index contributed by atoms with van der Waals surface area (Å²) < 4.78 is 0. The highest BCUT2D eigenvalue weighted by atomic mass is 32.1. The number of hydrogen-bond donors (Lipinski definition) is 1. The van der Waals surface area contributed by atoms with Gasteiger partial charge in [-0.2, -0.15) is 0 Å². The second-order valence-corrected chi connectivity index (χ2v) is 6.96. The molecule has 0 bridgehead atoms. The number of aromatic nitrogens is 1. The molecule has 0 radical (unpaired) electrons. The van der Waals surface area contributed by atoms with Crippen LogP contribution in [-0.4, -0.2) is 34.3 Å². The van der Waals surface area contributed by atoms with Crippen LogP contribution in [-0.2, 0) is 16.1 Å². The fraction of sp³-hybridized carbons (Fsp3) is 0.667. The molecular weight excluding hydrogens is 286 g/mol. The first kappa shape index (κ1) is 14.5. The molecule has 1 unspecified atom stereocenters. The molecule has 1 aromatic rings. The van der Waals surface area contributed by atoms with Gasteiger partial charge in [0, 0.05) is 11.1 Å². The molecule has 1 aliphatic carbocycles. The quantitative estimate of drug-likeness (QED) is 0.927. The molecule has 2 amide bonds. The van der Waals surface area contributed by atoms with Gasteiger partial charge in [-0.3, -0.25) is 9.59 Å². The Bertz CT molecular complexity index is 537. The summed E-state index contributed by atoms with van der Waals surface area (Å²) in [6.45, 7) is 2.55. The standard InChI is InChI=1S/C15H21N3O2S/c1-10-9-21-13(16-10)8-18-7-12(19)17-14(15(18)20)11-5-3-2-4-6-11/h9,11,14H,2-8H2,1H3,(H,17,19). The number of rotatable bonds is 3. The predicted molar refractivity (Wildman–Crippen MR) is 80.8 cm³/mol. The minimum absolute atomic E-state index is 0.0431. The number of thiazole rings is 1. The molecule has 0 spiro atoms. The lowest BCUT2D eigenvalue weighted by Crippen LogP contribution is -2.60. The lowest BCUT2D eigenvalue weighted by Gasteiger charge is -2.37. The highest BCUT2D eigenvalue weighted by molar-refractivity contribution is 7.09. The van der Waals surface area contributed by atoms with E-state index in [9.17, 15) is 9.59 Å². The predicted octanol–water partition coefficient (Wildman–Crippen LogP) is 1.86. The Kier molecular flexibility index (Phi) is 4.24. The molecule has 1 saturated heterocycles. The van der Waals surface area contributed by atoms with Crippen molar-refractivity contribution in [1.82, 2.24) is 15.2 Å². The molecule has 1 aliphatic heterocycles. The van der Waals surface area contributed by atoms with Crippen LogP contribution in [0.5, 0.6) is 0 Å². The molecule has 0 aromatic carbocycles. The number of nitrogens with one attached hydrogen (secondary N) is 1. The van der Waals surface area contributed by atoms with E-state index >= 15 is 0 Å². The maximum Gasteiger partial charge on any atom is 0.246 e. The van der Waals surface area contributed by atoms with Gasteiger partial charge in [-0.25, -0.2) is 4.98 Å². The molecule has 1 atom stereocenters. The second-order valence-electron chi connectivity index (χ2n) is 6.02. The minimum atomic E-state index is -0.326. The maximum atomic E-state index is 12.7. The first-order valence-corrected chi connectivity index (χ1v) is 8.50. The van der Waals surface area contributed by atoms with Gasteiger partial charge in [0.1, 0.15) is 17.6 Å². The zero-order chi connectivity index (χ0) is 14.8. The third kappa shape index (κ3) is 3.26. The van der Waals surface area contributed by atoms with Crippen LogP contribution in [0.4, 0.5) is 0 Å². The molecular formula is C15H21N3O2S. The molecule has 1 saturated carbocycles. The van der Waals surface area contributed by atoms with Gasteiger partial charge in [0.15, 0.2) is 0 Å². The van der Waals surface area contributed by atoms with Crippen LogP contribution >= 0.6 is 11.3 Å². The number of carbonyl (C=O) groups is 2. The molecule has 6 heteroatoms. The molecule has 1 N–H and O–H groups in total. The molecule has 3 rings (SSSR count). The van der Waals surface area contributed by atoms with E-state index in [1.54, 1.807) is 16.2 Å². The van der Waals surface area contributed by atoms with E-state index in [2.05, 4.69) is 10.3 Å². The largest absolute Gasteiger partial charge is 0.342 e. The van der Waals surface area contributed by atoms with Crippen LogP contribution in [0.1, 0.15) is 42.8 Å². The Morgan fingerprint density at radius 1 is 1.33 bits per heavy atom. The van der Waals surface area contributed by atoms with E-state index in [4.69, 9.17) is 0 Å². The van der Waals surface area contributed by atoms with Crippen molar-refractivity contribution in [2.45, 2.75) is 51.6 Å². The first-order chi connectivity index (χ1) is 10.1. The van der Waals surface area contributed by atoms with E-state index in [0.29, 0.717) is 12.5 Å². The van der Waals surface area contributed by atoms with Crippen LogP contribution in [0.2, 0.25) is 0 Å². The van der Waals surface area contributed by atoms with Crippen LogP contribution < -0.4 is 5.32 Å². The zero-order valence-electron chi connectivity index (χ0n) is 12.3. The fourth-order valence-electron chi connectivity index (χ4n) is 3.29. The number of piperazine rings is 1. The van der Waals surface area contributed by atoms with Gasteiger partial charge in [-0.15, -0.1) is 11.3 Å². The van der Waals surface area contributed by atoms with Crippen molar-refractivity contribution in [2.24, 2.45) is 5.92 Å². The van der Waals surface area contributed by atoms with Gasteiger partial charge in [-0.1, -0.05) is 19.3 Å². The van der Waals surface area contributed by atoms with Gasteiger partial charge in [0.05, 0.1) is 6.54 Å². The van der Waals surface area contributed by atoms with E-state index in [1.165, 1.54) is 6.42 Å². The van der Waals surface area contributed by atoms with Gasteiger partial charge >= 0.3 is 0 Å². The average molecular weight is 307 g/mol. The Morgan fingerprint density at radius 2 is 2.10 bits per heavy atom. The summed E-state index contributed by atoms with van der Waals surface area (Å²) in [5, 5.41) is 5.79. The molecule has 5 nitrogen and oxygen atoms in total. The molecule has 2 aliphatic rings. The van der Waals surface area contributed by atoms with Crippen LogP contribution in [0.25, 0.3) is 0 Å². The SMILES string of the molecule is Cc1csc(CN2CC(=O)NC(C3CCCCC3)C2=O)n1. The monoisotopic (exact) mass is 307 g/mol. The van der Waals surface area contributed by atoms with Gasteiger partial charge in [0.2, 0.25) is 11.8 Å². The van der Waals surface area contributed by atoms with Crippen molar-refractivity contribution in [2.75, 3.05) is 6.54 Å². The summed E-state index contributed by atoms with van der Waals surface area (Å²) in [4.78, 5) is 30.7. The summed E-state index contributed by atoms with van der Waals surface area (Å²) >= 11 is 1.55. The second kappa shape index (κ2) is 6.13. The maximum absolute atomic E-state index is 12.7. The number of carbonyl (C=O) groups excluding carboxylic acids is 2. The fourth-order valence-corrected chi connectivity index (χ4v) is 4.07.